The Balaban J connectivity index is 1.79. The lowest BCUT2D eigenvalue weighted by molar-refractivity contribution is -0.0499. The molecule has 26 heavy (non-hydrogen) atoms. The van der Waals surface area contributed by atoms with Crippen LogP contribution < -0.4 is 19.7 Å². The van der Waals surface area contributed by atoms with Gasteiger partial charge in [0.05, 0.1) is 10.6 Å². The highest BCUT2D eigenvalue weighted by Crippen LogP contribution is 2.24. The van der Waals surface area contributed by atoms with Crippen LogP contribution in [0.3, 0.4) is 0 Å². The monoisotopic (exact) mass is 383 g/mol. The second-order valence-corrected chi connectivity index (χ2v) is 7.43. The highest BCUT2D eigenvalue weighted by Gasteiger charge is 2.17. The summed E-state index contributed by atoms with van der Waals surface area (Å²) in [6.45, 7) is 0.392. The van der Waals surface area contributed by atoms with Crippen LogP contribution >= 0.6 is 0 Å². The zero-order chi connectivity index (χ0) is 18.6. The minimum Gasteiger partial charge on any atom is -0.435 e. The fraction of sp³-hybridized carbons (Fsp3) is 0.294. The SMILES string of the molecule is O=S(=O)(Nc1cccc(N2CCNCC2)c1)c1cccc(OC(F)F)c1. The van der Waals surface area contributed by atoms with Crippen LogP contribution in [0.15, 0.2) is 53.4 Å². The topological polar surface area (TPSA) is 70.7 Å². The van der Waals surface area contributed by atoms with E-state index >= 15 is 0 Å². The number of rotatable bonds is 6. The molecule has 0 aliphatic carbocycles. The van der Waals surface area contributed by atoms with Crippen molar-refractivity contribution in [1.29, 1.82) is 0 Å². The van der Waals surface area contributed by atoms with Gasteiger partial charge >= 0.3 is 6.61 Å². The molecule has 0 aromatic heterocycles. The number of ether oxygens (including phenoxy) is 1. The molecule has 0 amide bonds. The molecule has 0 radical (unpaired) electrons. The molecule has 0 atom stereocenters. The maximum Gasteiger partial charge on any atom is 0.387 e. The molecule has 1 heterocycles. The summed E-state index contributed by atoms with van der Waals surface area (Å²) in [7, 11) is -3.92. The standard InChI is InChI=1S/C17H19F2N3O3S/c18-17(19)25-15-5-2-6-16(12-15)26(23,24)21-13-3-1-4-14(11-13)22-9-7-20-8-10-22/h1-6,11-12,17,20-21H,7-10H2. The van der Waals surface area contributed by atoms with Crippen molar-refractivity contribution in [1.82, 2.24) is 5.32 Å². The van der Waals surface area contributed by atoms with E-state index in [2.05, 4.69) is 19.7 Å². The van der Waals surface area contributed by atoms with E-state index in [1.165, 1.54) is 18.2 Å². The molecule has 2 N–H and O–H groups in total. The Labute approximate surface area is 150 Å². The van der Waals surface area contributed by atoms with Crippen LogP contribution in [-0.4, -0.2) is 41.2 Å². The average Bonchev–Trinajstić information content (AvgIpc) is 2.62. The van der Waals surface area contributed by atoms with E-state index in [1.807, 2.05) is 6.07 Å². The number of nitrogens with zero attached hydrogens (tertiary/aromatic N) is 1. The molecule has 3 rings (SSSR count). The highest BCUT2D eigenvalue weighted by molar-refractivity contribution is 7.92. The van der Waals surface area contributed by atoms with Gasteiger partial charge in [-0.2, -0.15) is 8.78 Å². The molecule has 0 saturated carbocycles. The number of nitrogens with one attached hydrogen (secondary N) is 2. The van der Waals surface area contributed by atoms with E-state index in [-0.39, 0.29) is 10.6 Å². The number of piperazine rings is 1. The second-order valence-electron chi connectivity index (χ2n) is 5.75. The summed E-state index contributed by atoms with van der Waals surface area (Å²) >= 11 is 0. The third kappa shape index (κ3) is 4.61. The van der Waals surface area contributed by atoms with Crippen molar-refractivity contribution < 1.29 is 21.9 Å². The van der Waals surface area contributed by atoms with Gasteiger partial charge in [0.15, 0.2) is 0 Å². The Morgan fingerprint density at radius 3 is 2.54 bits per heavy atom. The molecule has 6 nitrogen and oxygen atoms in total. The number of benzene rings is 2. The maximum atomic E-state index is 12.5. The molecular weight excluding hydrogens is 364 g/mol. The first-order chi connectivity index (χ1) is 12.4. The summed E-state index contributed by atoms with van der Waals surface area (Å²) in [6, 6.07) is 12.1. The molecule has 9 heteroatoms. The third-order valence-corrected chi connectivity index (χ3v) is 5.30. The van der Waals surface area contributed by atoms with Crippen molar-refractivity contribution in [2.24, 2.45) is 0 Å². The maximum absolute atomic E-state index is 12.5. The highest BCUT2D eigenvalue weighted by atomic mass is 32.2. The molecule has 1 aliphatic rings. The Kier molecular flexibility index (Phi) is 5.58. The van der Waals surface area contributed by atoms with Crippen molar-refractivity contribution in [3.05, 3.63) is 48.5 Å². The zero-order valence-electron chi connectivity index (χ0n) is 13.9. The normalized spacial score (nSPS) is 15.1. The van der Waals surface area contributed by atoms with Gasteiger partial charge in [-0.3, -0.25) is 4.72 Å². The van der Waals surface area contributed by atoms with Crippen LogP contribution in [0.4, 0.5) is 20.2 Å². The minimum absolute atomic E-state index is 0.150. The van der Waals surface area contributed by atoms with Gasteiger partial charge in [-0.05, 0) is 30.3 Å². The summed E-state index contributed by atoms with van der Waals surface area (Å²) in [6.07, 6.45) is 0. The number of halogens is 2. The first-order valence-electron chi connectivity index (χ1n) is 8.07. The van der Waals surface area contributed by atoms with Crippen molar-refractivity contribution >= 4 is 21.4 Å². The molecule has 1 saturated heterocycles. The van der Waals surface area contributed by atoms with Crippen molar-refractivity contribution in [3.63, 3.8) is 0 Å². The van der Waals surface area contributed by atoms with Gasteiger partial charge in [0, 0.05) is 37.9 Å². The van der Waals surface area contributed by atoms with E-state index in [9.17, 15) is 17.2 Å². The van der Waals surface area contributed by atoms with Crippen LogP contribution in [-0.2, 0) is 10.0 Å². The quantitative estimate of drug-likeness (QED) is 0.802. The fourth-order valence-electron chi connectivity index (χ4n) is 2.72. The van der Waals surface area contributed by atoms with Gasteiger partial charge in [-0.15, -0.1) is 0 Å². The predicted molar refractivity (Wildman–Crippen MR) is 95.4 cm³/mol. The summed E-state index contributed by atoms with van der Waals surface area (Å²) < 4.78 is 56.5. The number of hydrogen-bond acceptors (Lipinski definition) is 5. The lowest BCUT2D eigenvalue weighted by Crippen LogP contribution is -2.43. The van der Waals surface area contributed by atoms with Crippen LogP contribution in [0.2, 0.25) is 0 Å². The van der Waals surface area contributed by atoms with E-state index in [0.717, 1.165) is 37.9 Å². The van der Waals surface area contributed by atoms with Crippen LogP contribution in [0.1, 0.15) is 0 Å². The first kappa shape index (κ1) is 18.4. The molecule has 0 unspecified atom stereocenters. The van der Waals surface area contributed by atoms with Gasteiger partial charge in [0.2, 0.25) is 0 Å². The van der Waals surface area contributed by atoms with E-state index in [0.29, 0.717) is 5.69 Å². The van der Waals surface area contributed by atoms with Gasteiger partial charge in [-0.1, -0.05) is 12.1 Å². The fourth-order valence-corrected chi connectivity index (χ4v) is 3.80. The van der Waals surface area contributed by atoms with Crippen LogP contribution in [0.25, 0.3) is 0 Å². The zero-order valence-corrected chi connectivity index (χ0v) is 14.7. The van der Waals surface area contributed by atoms with E-state index in [1.54, 1.807) is 18.2 Å². The second kappa shape index (κ2) is 7.88. The van der Waals surface area contributed by atoms with Gasteiger partial charge in [0.1, 0.15) is 5.75 Å². The molecule has 0 bridgehead atoms. The molecule has 1 aliphatic heterocycles. The van der Waals surface area contributed by atoms with Crippen molar-refractivity contribution in [2.75, 3.05) is 35.8 Å². The smallest absolute Gasteiger partial charge is 0.387 e. The number of anilines is 2. The van der Waals surface area contributed by atoms with Crippen LogP contribution in [0, 0.1) is 0 Å². The molecule has 0 spiro atoms. The van der Waals surface area contributed by atoms with E-state index in [4.69, 9.17) is 0 Å². The molecule has 140 valence electrons. The minimum atomic E-state index is -3.92. The Morgan fingerprint density at radius 2 is 1.81 bits per heavy atom. The number of alkyl halides is 2. The van der Waals surface area contributed by atoms with Crippen LogP contribution in [0.5, 0.6) is 5.75 Å². The molecule has 2 aromatic rings. The predicted octanol–water partition coefficient (Wildman–Crippen LogP) is 2.50. The van der Waals surface area contributed by atoms with Crippen molar-refractivity contribution in [3.8, 4) is 5.75 Å². The van der Waals surface area contributed by atoms with Gasteiger partial charge < -0.3 is 15.0 Å². The summed E-state index contributed by atoms with van der Waals surface area (Å²) in [4.78, 5) is 2.01. The first-order valence-corrected chi connectivity index (χ1v) is 9.56. The van der Waals surface area contributed by atoms with Gasteiger partial charge in [-0.25, -0.2) is 8.42 Å². The summed E-state index contributed by atoms with van der Waals surface area (Å²) in [5, 5.41) is 3.26. The Bertz CT molecular complexity index is 856. The number of sulfonamides is 1. The average molecular weight is 383 g/mol. The molecular formula is C17H19F2N3O3S. The summed E-state index contributed by atoms with van der Waals surface area (Å²) in [5.74, 6) is -0.211. The summed E-state index contributed by atoms with van der Waals surface area (Å²) in [5.41, 5.74) is 1.32. The largest absolute Gasteiger partial charge is 0.435 e. The Hall–Kier alpha value is -2.39. The Morgan fingerprint density at radius 1 is 1.08 bits per heavy atom. The lowest BCUT2D eigenvalue weighted by Gasteiger charge is -2.29. The molecule has 1 fully saturated rings. The third-order valence-electron chi connectivity index (χ3n) is 3.92. The van der Waals surface area contributed by atoms with Crippen molar-refractivity contribution in [2.45, 2.75) is 11.5 Å². The lowest BCUT2D eigenvalue weighted by atomic mass is 10.2. The molecule has 2 aromatic carbocycles. The van der Waals surface area contributed by atoms with E-state index < -0.39 is 16.6 Å². The number of hydrogen-bond donors (Lipinski definition) is 2. The van der Waals surface area contributed by atoms with Gasteiger partial charge in [0.25, 0.3) is 10.0 Å².